The van der Waals surface area contributed by atoms with Crippen LogP contribution in [0.1, 0.15) is 0 Å². The second-order valence-corrected chi connectivity index (χ2v) is 6.12. The molecule has 1 aromatic rings. The number of sulfonamides is 1. The van der Waals surface area contributed by atoms with Gasteiger partial charge in [-0.05, 0) is 0 Å². The van der Waals surface area contributed by atoms with Gasteiger partial charge in [0, 0.05) is 20.6 Å². The first kappa shape index (κ1) is 12.6. The van der Waals surface area contributed by atoms with E-state index >= 15 is 0 Å². The van der Waals surface area contributed by atoms with E-state index in [4.69, 9.17) is 11.6 Å². The Morgan fingerprint density at radius 3 is 2.60 bits per heavy atom. The third kappa shape index (κ3) is 3.56. The maximum absolute atomic E-state index is 11.4. The Balaban J connectivity index is 2.44. The van der Waals surface area contributed by atoms with Crippen molar-refractivity contribution in [3.63, 3.8) is 0 Å². The number of nitrogens with zero attached hydrogens (tertiary/aromatic N) is 3. The smallest absolute Gasteiger partial charge is 0.215 e. The lowest BCUT2D eigenvalue weighted by Crippen LogP contribution is -2.28. The van der Waals surface area contributed by atoms with Gasteiger partial charge in [0.1, 0.15) is 0 Å². The molecule has 0 aliphatic heterocycles. The number of anilines is 1. The zero-order chi connectivity index (χ0) is 11.5. The van der Waals surface area contributed by atoms with Crippen molar-refractivity contribution in [2.75, 3.05) is 31.7 Å². The quantitative estimate of drug-likeness (QED) is 0.843. The first-order valence-corrected chi connectivity index (χ1v) is 6.77. The predicted molar refractivity (Wildman–Crippen MR) is 60.9 cm³/mol. The van der Waals surface area contributed by atoms with Gasteiger partial charge in [-0.3, -0.25) is 0 Å². The first-order chi connectivity index (χ1) is 6.93. The van der Waals surface area contributed by atoms with E-state index in [2.05, 4.69) is 14.1 Å². The second-order valence-electron chi connectivity index (χ2n) is 2.93. The van der Waals surface area contributed by atoms with Crippen molar-refractivity contribution in [1.82, 2.24) is 13.1 Å². The Labute approximate surface area is 97.6 Å². The van der Waals surface area contributed by atoms with Gasteiger partial charge in [-0.25, -0.2) is 12.7 Å². The summed E-state index contributed by atoms with van der Waals surface area (Å²) in [6.07, 6.45) is 0. The summed E-state index contributed by atoms with van der Waals surface area (Å²) in [5.74, 6) is 0.420. The molecule has 9 heteroatoms. The average Bonchev–Trinajstić information content (AvgIpc) is 2.51. The van der Waals surface area contributed by atoms with E-state index in [-0.39, 0.29) is 17.5 Å². The molecular weight excluding hydrogens is 260 g/mol. The van der Waals surface area contributed by atoms with Crippen LogP contribution < -0.4 is 5.32 Å². The van der Waals surface area contributed by atoms with Crippen molar-refractivity contribution in [2.45, 2.75) is 0 Å². The zero-order valence-electron chi connectivity index (χ0n) is 8.27. The van der Waals surface area contributed by atoms with E-state index in [1.165, 1.54) is 18.4 Å². The van der Waals surface area contributed by atoms with Crippen LogP contribution in [0.2, 0.25) is 5.15 Å². The molecule has 15 heavy (non-hydrogen) atoms. The van der Waals surface area contributed by atoms with Gasteiger partial charge in [-0.15, -0.1) is 0 Å². The van der Waals surface area contributed by atoms with Crippen LogP contribution >= 0.6 is 23.3 Å². The normalized spacial score (nSPS) is 12.0. The van der Waals surface area contributed by atoms with E-state index < -0.39 is 10.0 Å². The molecule has 0 bridgehead atoms. The lowest BCUT2D eigenvalue weighted by molar-refractivity contribution is 0.521. The van der Waals surface area contributed by atoms with Crippen LogP contribution in [0.15, 0.2) is 0 Å². The molecule has 1 N–H and O–H groups in total. The highest BCUT2D eigenvalue weighted by molar-refractivity contribution is 7.89. The Morgan fingerprint density at radius 2 is 2.13 bits per heavy atom. The zero-order valence-corrected chi connectivity index (χ0v) is 10.7. The Hall–Kier alpha value is -0.440. The molecule has 0 unspecified atom stereocenters. The highest BCUT2D eigenvalue weighted by Gasteiger charge is 2.13. The molecule has 0 amide bonds. The van der Waals surface area contributed by atoms with Crippen molar-refractivity contribution in [2.24, 2.45) is 0 Å². The van der Waals surface area contributed by atoms with Crippen LogP contribution in [-0.2, 0) is 10.0 Å². The lowest BCUT2D eigenvalue weighted by Gasteiger charge is -2.11. The average molecular weight is 271 g/mol. The maximum Gasteiger partial charge on any atom is 0.215 e. The van der Waals surface area contributed by atoms with Crippen molar-refractivity contribution in [3.05, 3.63) is 5.15 Å². The van der Waals surface area contributed by atoms with Crippen LogP contribution in [0.3, 0.4) is 0 Å². The Kier molecular flexibility index (Phi) is 4.26. The summed E-state index contributed by atoms with van der Waals surface area (Å²) in [5.41, 5.74) is 0. The van der Waals surface area contributed by atoms with Gasteiger partial charge in [0.25, 0.3) is 0 Å². The van der Waals surface area contributed by atoms with Crippen molar-refractivity contribution in [3.8, 4) is 0 Å². The fraction of sp³-hybridized carbons (Fsp3) is 0.667. The molecule has 0 aliphatic rings. The minimum absolute atomic E-state index is 0.00610. The van der Waals surface area contributed by atoms with Gasteiger partial charge < -0.3 is 5.32 Å². The van der Waals surface area contributed by atoms with Crippen LogP contribution in [0, 0.1) is 0 Å². The SMILES string of the molecule is CN(C)S(=O)(=O)CCNc1nsnc1Cl. The minimum Gasteiger partial charge on any atom is -0.366 e. The van der Waals surface area contributed by atoms with Crippen molar-refractivity contribution >= 4 is 39.2 Å². The molecule has 6 nitrogen and oxygen atoms in total. The molecule has 0 aromatic carbocycles. The van der Waals surface area contributed by atoms with E-state index in [9.17, 15) is 8.42 Å². The number of hydrogen-bond acceptors (Lipinski definition) is 6. The summed E-state index contributed by atoms with van der Waals surface area (Å²) >= 11 is 6.64. The largest absolute Gasteiger partial charge is 0.366 e. The molecule has 0 saturated heterocycles. The molecule has 0 fully saturated rings. The number of rotatable bonds is 5. The number of hydrogen-bond donors (Lipinski definition) is 1. The predicted octanol–water partition coefficient (Wildman–Crippen LogP) is 0.495. The third-order valence-electron chi connectivity index (χ3n) is 1.66. The molecule has 0 atom stereocenters. The fourth-order valence-corrected chi connectivity index (χ4v) is 2.17. The van der Waals surface area contributed by atoms with Gasteiger partial charge in [-0.2, -0.15) is 8.75 Å². The molecule has 1 aromatic heterocycles. The Bertz CT molecular complexity index is 417. The Morgan fingerprint density at radius 1 is 1.47 bits per heavy atom. The first-order valence-electron chi connectivity index (χ1n) is 4.05. The maximum atomic E-state index is 11.4. The summed E-state index contributed by atoms with van der Waals surface area (Å²) in [4.78, 5) is 0. The molecule has 1 rings (SSSR count). The van der Waals surface area contributed by atoms with Gasteiger partial charge in [0.2, 0.25) is 10.0 Å². The summed E-state index contributed by atoms with van der Waals surface area (Å²) in [6, 6.07) is 0. The van der Waals surface area contributed by atoms with Crippen LogP contribution in [0.5, 0.6) is 0 Å². The van der Waals surface area contributed by atoms with E-state index in [0.29, 0.717) is 5.82 Å². The number of nitrogens with one attached hydrogen (secondary N) is 1. The van der Waals surface area contributed by atoms with Gasteiger partial charge >= 0.3 is 0 Å². The topological polar surface area (TPSA) is 75.2 Å². The summed E-state index contributed by atoms with van der Waals surface area (Å²) in [6.45, 7) is 0.256. The monoisotopic (exact) mass is 270 g/mol. The highest BCUT2D eigenvalue weighted by Crippen LogP contribution is 2.17. The molecule has 0 saturated carbocycles. The van der Waals surface area contributed by atoms with Gasteiger partial charge in [0.05, 0.1) is 17.5 Å². The van der Waals surface area contributed by atoms with Crippen LogP contribution in [0.25, 0.3) is 0 Å². The van der Waals surface area contributed by atoms with Crippen molar-refractivity contribution in [1.29, 1.82) is 0 Å². The van der Waals surface area contributed by atoms with E-state index in [1.54, 1.807) is 0 Å². The van der Waals surface area contributed by atoms with E-state index in [0.717, 1.165) is 11.7 Å². The van der Waals surface area contributed by atoms with Crippen molar-refractivity contribution < 1.29 is 8.42 Å². The summed E-state index contributed by atoms with van der Waals surface area (Å²) < 4.78 is 31.5. The number of halogens is 1. The lowest BCUT2D eigenvalue weighted by atomic mass is 10.6. The molecule has 86 valence electrons. The van der Waals surface area contributed by atoms with Gasteiger partial charge in [-0.1, -0.05) is 11.6 Å². The standard InChI is InChI=1S/C6H11ClN4O2S2/c1-11(2)15(12,13)4-3-8-6-5(7)9-14-10-6/h3-4H2,1-2H3,(H,8,10). The summed E-state index contributed by atoms with van der Waals surface area (Å²) in [7, 11) is -0.196. The minimum atomic E-state index is -3.18. The third-order valence-corrected chi connectivity index (χ3v) is 4.38. The fourth-order valence-electron chi connectivity index (χ4n) is 0.764. The molecule has 0 radical (unpaired) electrons. The van der Waals surface area contributed by atoms with Gasteiger partial charge in [0.15, 0.2) is 11.0 Å². The van der Waals surface area contributed by atoms with E-state index in [1.807, 2.05) is 0 Å². The second kappa shape index (κ2) is 5.06. The molecular formula is C6H11ClN4O2S2. The van der Waals surface area contributed by atoms with Crippen LogP contribution in [-0.4, -0.2) is 47.9 Å². The molecule has 0 aliphatic carbocycles. The van der Waals surface area contributed by atoms with Crippen LogP contribution in [0.4, 0.5) is 5.82 Å². The molecule has 0 spiro atoms. The highest BCUT2D eigenvalue weighted by atomic mass is 35.5. The number of aromatic nitrogens is 2. The molecule has 1 heterocycles. The summed E-state index contributed by atoms with van der Waals surface area (Å²) in [5, 5.41) is 3.07.